The number of para-hydroxylation sites is 2. The van der Waals surface area contributed by atoms with Crippen LogP contribution in [0.25, 0.3) is 0 Å². The summed E-state index contributed by atoms with van der Waals surface area (Å²) in [6, 6.07) is 9.90. The van der Waals surface area contributed by atoms with Gasteiger partial charge < -0.3 is 15.1 Å². The third-order valence-electron chi connectivity index (χ3n) is 4.63. The van der Waals surface area contributed by atoms with Gasteiger partial charge in [-0.2, -0.15) is 0 Å². The summed E-state index contributed by atoms with van der Waals surface area (Å²) < 4.78 is 0. The first-order chi connectivity index (χ1) is 9.91. The summed E-state index contributed by atoms with van der Waals surface area (Å²) >= 11 is 0. The second-order valence-corrected chi connectivity index (χ2v) is 7.11. The van der Waals surface area contributed by atoms with Gasteiger partial charge in [0, 0.05) is 39.3 Å². The van der Waals surface area contributed by atoms with E-state index in [-0.39, 0.29) is 0 Å². The number of rotatable bonds is 4. The van der Waals surface area contributed by atoms with E-state index in [1.54, 1.807) is 0 Å². The Morgan fingerprint density at radius 2 is 1.76 bits per heavy atom. The number of benzene rings is 1. The fourth-order valence-electron chi connectivity index (χ4n) is 3.20. The van der Waals surface area contributed by atoms with Crippen molar-refractivity contribution in [1.29, 1.82) is 0 Å². The molecule has 1 fully saturated rings. The highest BCUT2D eigenvalue weighted by atomic mass is 15.3. The lowest BCUT2D eigenvalue weighted by Gasteiger charge is -2.46. The monoisotopic (exact) mass is 289 g/mol. The lowest BCUT2D eigenvalue weighted by Crippen LogP contribution is -2.60. The van der Waals surface area contributed by atoms with Crippen molar-refractivity contribution in [3.05, 3.63) is 24.3 Å². The molecule has 118 valence electrons. The van der Waals surface area contributed by atoms with Crippen molar-refractivity contribution in [1.82, 2.24) is 5.32 Å². The average molecular weight is 289 g/mol. The maximum Gasteiger partial charge on any atom is 0.0607 e. The van der Waals surface area contributed by atoms with Gasteiger partial charge in [-0.25, -0.2) is 0 Å². The smallest absolute Gasteiger partial charge is 0.0607 e. The van der Waals surface area contributed by atoms with Crippen LogP contribution in [0.3, 0.4) is 0 Å². The van der Waals surface area contributed by atoms with E-state index in [0.29, 0.717) is 23.9 Å². The van der Waals surface area contributed by atoms with E-state index in [4.69, 9.17) is 0 Å². The Morgan fingerprint density at radius 3 is 2.33 bits per heavy atom. The van der Waals surface area contributed by atoms with Crippen LogP contribution in [0.1, 0.15) is 27.7 Å². The molecule has 3 heteroatoms. The van der Waals surface area contributed by atoms with Crippen LogP contribution in [0.2, 0.25) is 0 Å². The Hall–Kier alpha value is -1.22. The zero-order valence-electron chi connectivity index (χ0n) is 14.4. The minimum Gasteiger partial charge on any atom is -0.376 e. The molecule has 0 bridgehead atoms. The van der Waals surface area contributed by atoms with Crippen LogP contribution in [0.15, 0.2) is 24.3 Å². The number of hydrogen-bond acceptors (Lipinski definition) is 3. The van der Waals surface area contributed by atoms with Crippen molar-refractivity contribution in [2.45, 2.75) is 39.8 Å². The molecular weight excluding hydrogens is 258 g/mol. The van der Waals surface area contributed by atoms with Gasteiger partial charge in [0.1, 0.15) is 0 Å². The fourth-order valence-corrected chi connectivity index (χ4v) is 3.20. The van der Waals surface area contributed by atoms with Gasteiger partial charge >= 0.3 is 0 Å². The zero-order chi connectivity index (χ0) is 15.6. The van der Waals surface area contributed by atoms with Crippen LogP contribution in [-0.4, -0.2) is 39.3 Å². The van der Waals surface area contributed by atoms with Crippen LogP contribution >= 0.6 is 0 Å². The van der Waals surface area contributed by atoms with Crippen molar-refractivity contribution in [3.63, 3.8) is 0 Å². The van der Waals surface area contributed by atoms with E-state index in [1.165, 1.54) is 11.4 Å². The summed E-state index contributed by atoms with van der Waals surface area (Å²) in [4.78, 5) is 4.85. The molecule has 0 amide bonds. The highest BCUT2D eigenvalue weighted by molar-refractivity contribution is 5.71. The summed E-state index contributed by atoms with van der Waals surface area (Å²) in [5.41, 5.74) is 2.68. The van der Waals surface area contributed by atoms with Crippen molar-refractivity contribution in [2.24, 2.45) is 11.8 Å². The number of piperazine rings is 1. The van der Waals surface area contributed by atoms with Crippen molar-refractivity contribution >= 4 is 11.4 Å². The summed E-state index contributed by atoms with van der Waals surface area (Å²) in [7, 11) is 4.26. The first-order valence-electron chi connectivity index (χ1n) is 8.18. The Labute approximate surface area is 130 Å². The van der Waals surface area contributed by atoms with Crippen LogP contribution in [-0.2, 0) is 0 Å². The van der Waals surface area contributed by atoms with Crippen LogP contribution in [0.4, 0.5) is 11.4 Å². The molecule has 0 spiro atoms. The topological polar surface area (TPSA) is 18.5 Å². The van der Waals surface area contributed by atoms with Gasteiger partial charge in [0.25, 0.3) is 0 Å². The quantitative estimate of drug-likeness (QED) is 0.918. The maximum absolute atomic E-state index is 3.74. The first kappa shape index (κ1) is 16.2. The molecule has 0 aliphatic carbocycles. The Kier molecular flexibility index (Phi) is 5.15. The Morgan fingerprint density at radius 1 is 1.10 bits per heavy atom. The van der Waals surface area contributed by atoms with Crippen molar-refractivity contribution in [2.75, 3.05) is 37.0 Å². The molecule has 21 heavy (non-hydrogen) atoms. The highest BCUT2D eigenvalue weighted by Gasteiger charge is 2.32. The number of nitrogens with one attached hydrogen (secondary N) is 1. The van der Waals surface area contributed by atoms with Gasteiger partial charge in [0.15, 0.2) is 0 Å². The summed E-state index contributed by atoms with van der Waals surface area (Å²) in [6.45, 7) is 11.4. The van der Waals surface area contributed by atoms with E-state index in [2.05, 4.69) is 81.2 Å². The summed E-state index contributed by atoms with van der Waals surface area (Å²) in [5, 5.41) is 3.74. The SMILES string of the molecule is CC(C)C1CN(c2ccccc2N(C)C)C(C(C)C)CN1. The molecule has 0 saturated carbocycles. The lowest BCUT2D eigenvalue weighted by molar-refractivity contribution is 0.295. The predicted molar refractivity (Wildman–Crippen MR) is 93.4 cm³/mol. The number of anilines is 2. The molecule has 0 radical (unpaired) electrons. The average Bonchev–Trinajstić information content (AvgIpc) is 2.46. The minimum absolute atomic E-state index is 0.557. The fraction of sp³-hybridized carbons (Fsp3) is 0.667. The molecule has 1 aliphatic rings. The van der Waals surface area contributed by atoms with Crippen molar-refractivity contribution < 1.29 is 0 Å². The molecule has 0 aromatic heterocycles. The Balaban J connectivity index is 2.36. The zero-order valence-corrected chi connectivity index (χ0v) is 14.4. The van der Waals surface area contributed by atoms with Gasteiger partial charge in [0.2, 0.25) is 0 Å². The van der Waals surface area contributed by atoms with Crippen molar-refractivity contribution in [3.8, 4) is 0 Å². The standard InChI is InChI=1S/C18H31N3/c1-13(2)15-12-21(18(11-19-15)14(3)4)17-10-8-7-9-16(17)20(5)6/h7-10,13-15,18-19H,11-12H2,1-6H3. The molecule has 1 aromatic rings. The van der Waals surface area contributed by atoms with Crippen LogP contribution in [0.5, 0.6) is 0 Å². The Bertz CT molecular complexity index is 454. The lowest BCUT2D eigenvalue weighted by atomic mass is 9.93. The van der Waals surface area contributed by atoms with Gasteiger partial charge in [-0.3, -0.25) is 0 Å². The van der Waals surface area contributed by atoms with Gasteiger partial charge in [-0.1, -0.05) is 39.8 Å². The molecule has 1 heterocycles. The summed E-state index contributed by atoms with van der Waals surface area (Å²) in [6.07, 6.45) is 0. The number of nitrogens with zero attached hydrogens (tertiary/aromatic N) is 2. The van der Waals surface area contributed by atoms with E-state index < -0.39 is 0 Å². The minimum atomic E-state index is 0.557. The third-order valence-corrected chi connectivity index (χ3v) is 4.63. The van der Waals surface area contributed by atoms with E-state index in [0.717, 1.165) is 13.1 Å². The normalized spacial score (nSPS) is 23.0. The molecule has 2 unspecified atom stereocenters. The predicted octanol–water partition coefficient (Wildman–Crippen LogP) is 3.21. The third kappa shape index (κ3) is 3.52. The molecule has 1 aromatic carbocycles. The largest absolute Gasteiger partial charge is 0.376 e. The van der Waals surface area contributed by atoms with Crippen LogP contribution < -0.4 is 15.1 Å². The first-order valence-corrected chi connectivity index (χ1v) is 8.18. The second-order valence-electron chi connectivity index (χ2n) is 7.11. The second kappa shape index (κ2) is 6.69. The molecule has 2 rings (SSSR count). The molecule has 1 aliphatic heterocycles. The van der Waals surface area contributed by atoms with E-state index in [9.17, 15) is 0 Å². The van der Waals surface area contributed by atoms with Gasteiger partial charge in [-0.15, -0.1) is 0 Å². The maximum atomic E-state index is 3.74. The highest BCUT2D eigenvalue weighted by Crippen LogP contribution is 2.32. The van der Waals surface area contributed by atoms with Gasteiger partial charge in [-0.05, 0) is 24.0 Å². The number of hydrogen-bond donors (Lipinski definition) is 1. The van der Waals surface area contributed by atoms with E-state index >= 15 is 0 Å². The molecular formula is C18H31N3. The molecule has 3 nitrogen and oxygen atoms in total. The van der Waals surface area contributed by atoms with E-state index in [1.807, 2.05) is 0 Å². The summed E-state index contributed by atoms with van der Waals surface area (Å²) in [5.74, 6) is 1.30. The molecule has 1 saturated heterocycles. The molecule has 2 atom stereocenters. The van der Waals surface area contributed by atoms with Crippen LogP contribution in [0, 0.1) is 11.8 Å². The molecule has 1 N–H and O–H groups in total. The van der Waals surface area contributed by atoms with Gasteiger partial charge in [0.05, 0.1) is 11.4 Å².